The largest absolute Gasteiger partial charge is 0.497 e. The van der Waals surface area contributed by atoms with Crippen LogP contribution in [0.5, 0.6) is 5.75 Å². The van der Waals surface area contributed by atoms with E-state index >= 15 is 0 Å². The minimum atomic E-state index is 0.927. The average Bonchev–Trinajstić information content (AvgIpc) is 2.60. The van der Waals surface area contributed by atoms with Crippen molar-refractivity contribution in [1.82, 2.24) is 4.98 Å². The minimum absolute atomic E-state index is 0.927. The van der Waals surface area contributed by atoms with E-state index < -0.39 is 0 Å². The summed E-state index contributed by atoms with van der Waals surface area (Å²) in [6, 6.07) is 16.8. The van der Waals surface area contributed by atoms with Gasteiger partial charge in [-0.25, -0.2) is 0 Å². The Hall–Kier alpha value is -2.55. The number of para-hydroxylation sites is 1. The summed E-state index contributed by atoms with van der Waals surface area (Å²) in [5.41, 5.74) is 4.86. The molecular weight excluding hydrogens is 272 g/mol. The number of hydrogen-bond donors (Lipinski definition) is 0. The number of nitrogens with zero attached hydrogens (tertiary/aromatic N) is 2. The van der Waals surface area contributed by atoms with Crippen LogP contribution in [0.4, 0.5) is 11.4 Å². The number of aryl methyl sites for hydroxylation is 1. The number of ether oxygens (including phenoxy) is 1. The van der Waals surface area contributed by atoms with Gasteiger partial charge in [-0.3, -0.25) is 4.98 Å². The quantitative estimate of drug-likeness (QED) is 0.702. The van der Waals surface area contributed by atoms with Gasteiger partial charge in [-0.1, -0.05) is 18.2 Å². The standard InChI is InChI=1S/C19H18N2O/c1-22-16-9-10-17-15(13-16)7-4-12-21(17)18-8-2-5-14-6-3-11-20-19(14)18/h2-3,5-6,8-11,13H,4,7,12H2,1H3. The molecule has 2 aromatic carbocycles. The van der Waals surface area contributed by atoms with E-state index in [1.807, 2.05) is 18.3 Å². The van der Waals surface area contributed by atoms with E-state index in [1.165, 1.54) is 22.3 Å². The van der Waals surface area contributed by atoms with Crippen molar-refractivity contribution in [2.45, 2.75) is 12.8 Å². The molecule has 0 aliphatic carbocycles. The maximum absolute atomic E-state index is 5.36. The molecule has 1 aromatic heterocycles. The molecule has 0 fully saturated rings. The van der Waals surface area contributed by atoms with Gasteiger partial charge < -0.3 is 9.64 Å². The lowest BCUT2D eigenvalue weighted by molar-refractivity contribution is 0.414. The zero-order valence-corrected chi connectivity index (χ0v) is 12.6. The molecule has 4 rings (SSSR count). The van der Waals surface area contributed by atoms with Crippen LogP contribution in [0.1, 0.15) is 12.0 Å². The Balaban J connectivity index is 1.87. The zero-order chi connectivity index (χ0) is 14.9. The molecule has 3 nitrogen and oxygen atoms in total. The number of anilines is 2. The highest BCUT2D eigenvalue weighted by Crippen LogP contribution is 2.37. The molecule has 0 unspecified atom stereocenters. The highest BCUT2D eigenvalue weighted by molar-refractivity contribution is 5.93. The topological polar surface area (TPSA) is 25.4 Å². The number of aromatic nitrogens is 1. The summed E-state index contributed by atoms with van der Waals surface area (Å²) in [4.78, 5) is 6.98. The molecule has 2 heterocycles. The van der Waals surface area contributed by atoms with Crippen molar-refractivity contribution in [2.24, 2.45) is 0 Å². The number of rotatable bonds is 2. The van der Waals surface area contributed by atoms with Crippen LogP contribution < -0.4 is 9.64 Å². The molecule has 0 radical (unpaired) electrons. The second-order valence-electron chi connectivity index (χ2n) is 5.60. The molecule has 0 bridgehead atoms. The van der Waals surface area contributed by atoms with Gasteiger partial charge >= 0.3 is 0 Å². The van der Waals surface area contributed by atoms with Gasteiger partial charge in [-0.05, 0) is 48.7 Å². The summed E-state index contributed by atoms with van der Waals surface area (Å²) in [7, 11) is 1.72. The van der Waals surface area contributed by atoms with E-state index in [-0.39, 0.29) is 0 Å². The number of fused-ring (bicyclic) bond motifs is 2. The normalized spacial score (nSPS) is 14.0. The van der Waals surface area contributed by atoms with Gasteiger partial charge in [0.25, 0.3) is 0 Å². The summed E-state index contributed by atoms with van der Waals surface area (Å²) in [6.07, 6.45) is 4.11. The number of benzene rings is 2. The van der Waals surface area contributed by atoms with Crippen molar-refractivity contribution in [3.8, 4) is 5.75 Å². The second-order valence-corrected chi connectivity index (χ2v) is 5.60. The highest BCUT2D eigenvalue weighted by Gasteiger charge is 2.20. The van der Waals surface area contributed by atoms with Gasteiger partial charge in [-0.2, -0.15) is 0 Å². The van der Waals surface area contributed by atoms with E-state index in [2.05, 4.69) is 46.3 Å². The van der Waals surface area contributed by atoms with Gasteiger partial charge in [0.1, 0.15) is 5.75 Å². The first kappa shape index (κ1) is 13.1. The van der Waals surface area contributed by atoms with Crippen LogP contribution in [0, 0.1) is 0 Å². The molecule has 0 saturated heterocycles. The van der Waals surface area contributed by atoms with E-state index in [4.69, 9.17) is 4.74 Å². The number of hydrogen-bond acceptors (Lipinski definition) is 3. The van der Waals surface area contributed by atoms with Crippen LogP contribution in [0.2, 0.25) is 0 Å². The van der Waals surface area contributed by atoms with Crippen molar-refractivity contribution in [3.63, 3.8) is 0 Å². The van der Waals surface area contributed by atoms with E-state index in [9.17, 15) is 0 Å². The van der Waals surface area contributed by atoms with Crippen LogP contribution in [-0.4, -0.2) is 18.6 Å². The van der Waals surface area contributed by atoms with Gasteiger partial charge in [0.2, 0.25) is 0 Å². The third kappa shape index (κ3) is 2.10. The third-order valence-electron chi connectivity index (χ3n) is 4.31. The molecule has 3 aromatic rings. The minimum Gasteiger partial charge on any atom is -0.497 e. The summed E-state index contributed by atoms with van der Waals surface area (Å²) < 4.78 is 5.36. The molecule has 0 N–H and O–H groups in total. The molecular formula is C19H18N2O. The van der Waals surface area contributed by atoms with Crippen LogP contribution >= 0.6 is 0 Å². The maximum Gasteiger partial charge on any atom is 0.119 e. The van der Waals surface area contributed by atoms with E-state index in [1.54, 1.807) is 7.11 Å². The molecule has 110 valence electrons. The monoisotopic (exact) mass is 290 g/mol. The van der Waals surface area contributed by atoms with E-state index in [0.29, 0.717) is 0 Å². The van der Waals surface area contributed by atoms with Crippen LogP contribution in [0.3, 0.4) is 0 Å². The molecule has 0 saturated carbocycles. The first-order valence-electron chi connectivity index (χ1n) is 7.65. The number of pyridine rings is 1. The fourth-order valence-corrected chi connectivity index (χ4v) is 3.26. The summed E-state index contributed by atoms with van der Waals surface area (Å²) in [6.45, 7) is 1.02. The Bertz CT molecular complexity index is 823. The molecule has 3 heteroatoms. The Labute approximate surface area is 130 Å². The Kier molecular flexibility index (Phi) is 3.19. The molecule has 0 amide bonds. The van der Waals surface area contributed by atoms with Gasteiger partial charge in [0.15, 0.2) is 0 Å². The predicted molar refractivity (Wildman–Crippen MR) is 90.1 cm³/mol. The first-order chi connectivity index (χ1) is 10.9. The van der Waals surface area contributed by atoms with Crippen molar-refractivity contribution in [3.05, 3.63) is 60.3 Å². The maximum atomic E-state index is 5.36. The van der Waals surface area contributed by atoms with Crippen LogP contribution in [0.25, 0.3) is 10.9 Å². The smallest absolute Gasteiger partial charge is 0.119 e. The fourth-order valence-electron chi connectivity index (χ4n) is 3.26. The Morgan fingerprint density at radius 1 is 1.05 bits per heavy atom. The summed E-state index contributed by atoms with van der Waals surface area (Å²) >= 11 is 0. The van der Waals surface area contributed by atoms with Crippen molar-refractivity contribution >= 4 is 22.3 Å². The SMILES string of the molecule is COc1ccc2c(c1)CCCN2c1cccc2cccnc12. The van der Waals surface area contributed by atoms with E-state index in [0.717, 1.165) is 30.7 Å². The molecule has 0 spiro atoms. The summed E-state index contributed by atoms with van der Waals surface area (Å²) in [5.74, 6) is 0.927. The molecule has 0 atom stereocenters. The van der Waals surface area contributed by atoms with Crippen LogP contribution in [-0.2, 0) is 6.42 Å². The van der Waals surface area contributed by atoms with Crippen molar-refractivity contribution in [2.75, 3.05) is 18.6 Å². The lowest BCUT2D eigenvalue weighted by Gasteiger charge is -2.32. The van der Waals surface area contributed by atoms with Crippen molar-refractivity contribution < 1.29 is 4.74 Å². The fraction of sp³-hybridized carbons (Fsp3) is 0.211. The predicted octanol–water partition coefficient (Wildman–Crippen LogP) is 4.33. The Morgan fingerprint density at radius 3 is 2.86 bits per heavy atom. The van der Waals surface area contributed by atoms with Crippen molar-refractivity contribution in [1.29, 1.82) is 0 Å². The second kappa shape index (κ2) is 5.34. The average molecular weight is 290 g/mol. The van der Waals surface area contributed by atoms with Gasteiger partial charge in [0.05, 0.1) is 18.3 Å². The summed E-state index contributed by atoms with van der Waals surface area (Å²) in [5, 5.41) is 1.18. The first-order valence-corrected chi connectivity index (χ1v) is 7.65. The lowest BCUT2D eigenvalue weighted by atomic mass is 10.00. The lowest BCUT2D eigenvalue weighted by Crippen LogP contribution is -2.24. The Morgan fingerprint density at radius 2 is 1.95 bits per heavy atom. The van der Waals surface area contributed by atoms with Crippen LogP contribution in [0.15, 0.2) is 54.7 Å². The molecule has 1 aliphatic rings. The zero-order valence-electron chi connectivity index (χ0n) is 12.6. The van der Waals surface area contributed by atoms with Gasteiger partial charge in [-0.15, -0.1) is 0 Å². The third-order valence-corrected chi connectivity index (χ3v) is 4.31. The highest BCUT2D eigenvalue weighted by atomic mass is 16.5. The van der Waals surface area contributed by atoms with Gasteiger partial charge in [0, 0.05) is 23.8 Å². The molecule has 1 aliphatic heterocycles. The molecule has 22 heavy (non-hydrogen) atoms. The number of methoxy groups -OCH3 is 1.